The summed E-state index contributed by atoms with van der Waals surface area (Å²) in [4.78, 5) is 4.53. The van der Waals surface area contributed by atoms with Crippen LogP contribution in [0.1, 0.15) is 5.56 Å². The molecular formula is C30H26N4O6-2. The first kappa shape index (κ1) is 24.8. The average Bonchev–Trinajstić information content (AvgIpc) is 2.99. The van der Waals surface area contributed by atoms with Crippen molar-refractivity contribution in [1.29, 1.82) is 0 Å². The van der Waals surface area contributed by atoms with E-state index >= 15 is 0 Å². The zero-order valence-electron chi connectivity index (χ0n) is 21.2. The largest absolute Gasteiger partial charge is 0.872 e. The molecule has 10 heteroatoms. The number of rotatable bonds is 5. The third kappa shape index (κ3) is 3.25. The third-order valence-corrected chi connectivity index (χ3v) is 8.17. The Morgan fingerprint density at radius 3 is 2.00 bits per heavy atom. The van der Waals surface area contributed by atoms with Crippen LogP contribution in [0, 0.1) is 0 Å². The second-order valence-corrected chi connectivity index (χ2v) is 10.5. The van der Waals surface area contributed by atoms with Crippen molar-refractivity contribution in [2.75, 3.05) is 42.4 Å². The highest BCUT2D eigenvalue weighted by molar-refractivity contribution is 6.13. The summed E-state index contributed by atoms with van der Waals surface area (Å²) in [5, 5.41) is 80.3. The van der Waals surface area contributed by atoms with Crippen LogP contribution in [0.25, 0.3) is 32.7 Å². The van der Waals surface area contributed by atoms with Gasteiger partial charge in [-0.15, -0.1) is 5.76 Å². The van der Waals surface area contributed by atoms with Crippen LogP contribution in [0.4, 0.5) is 17.1 Å². The number of hydrogen-bond acceptors (Lipinski definition) is 10. The van der Waals surface area contributed by atoms with Crippen molar-refractivity contribution in [2.24, 2.45) is 4.99 Å². The zero-order valence-corrected chi connectivity index (χ0v) is 21.2. The van der Waals surface area contributed by atoms with Crippen LogP contribution < -0.4 is 36.7 Å². The zero-order chi connectivity index (χ0) is 27.8. The molecule has 0 spiro atoms. The lowest BCUT2D eigenvalue weighted by Gasteiger charge is -2.47. The van der Waals surface area contributed by atoms with E-state index in [0.29, 0.717) is 49.4 Å². The molecule has 3 aliphatic rings. The second kappa shape index (κ2) is 8.65. The summed E-state index contributed by atoms with van der Waals surface area (Å²) in [5.41, 5.74) is 0.531. The van der Waals surface area contributed by atoms with Crippen LogP contribution in [0.5, 0.6) is 0 Å². The summed E-state index contributed by atoms with van der Waals surface area (Å²) in [6, 6.07) is 17.8. The summed E-state index contributed by atoms with van der Waals surface area (Å²) in [7, 11) is 0. The summed E-state index contributed by atoms with van der Waals surface area (Å²) in [6.07, 6.45) is -1.37. The highest BCUT2D eigenvalue weighted by Crippen LogP contribution is 2.45. The molecule has 204 valence electrons. The summed E-state index contributed by atoms with van der Waals surface area (Å²) < 4.78 is 0. The normalized spacial score (nSPS) is 21.3. The molecule has 1 aliphatic carbocycles. The molecule has 4 aromatic carbocycles. The van der Waals surface area contributed by atoms with Gasteiger partial charge in [0.25, 0.3) is 0 Å². The molecule has 7 N–H and O–H groups in total. The molecule has 0 bridgehead atoms. The maximum atomic E-state index is 13.7. The van der Waals surface area contributed by atoms with Crippen molar-refractivity contribution in [3.8, 4) is 0 Å². The molecule has 0 amide bonds. The van der Waals surface area contributed by atoms with Gasteiger partial charge in [0.15, 0.2) is 11.3 Å². The van der Waals surface area contributed by atoms with Crippen LogP contribution in [0.2, 0.25) is 0 Å². The molecule has 0 fully saturated rings. The first-order valence-electron chi connectivity index (χ1n) is 13.0. The lowest BCUT2D eigenvalue weighted by Crippen LogP contribution is -2.54. The minimum atomic E-state index is -1.37. The van der Waals surface area contributed by atoms with Gasteiger partial charge in [-0.2, -0.15) is 0 Å². The molecular weight excluding hydrogens is 512 g/mol. The summed E-state index contributed by atoms with van der Waals surface area (Å²) in [5.74, 6) is -0.320. The maximum absolute atomic E-state index is 13.7. The molecule has 10 nitrogen and oxygen atoms in total. The van der Waals surface area contributed by atoms with Crippen molar-refractivity contribution in [2.45, 2.75) is 17.4 Å². The van der Waals surface area contributed by atoms with Crippen LogP contribution in [-0.4, -0.2) is 64.3 Å². The highest BCUT2D eigenvalue weighted by Gasteiger charge is 2.35. The lowest BCUT2D eigenvalue weighted by molar-refractivity contribution is -0.393. The molecule has 40 heavy (non-hydrogen) atoms. The van der Waals surface area contributed by atoms with E-state index in [1.807, 2.05) is 24.3 Å². The van der Waals surface area contributed by atoms with Gasteiger partial charge >= 0.3 is 0 Å². The monoisotopic (exact) mass is 538 g/mol. The fraction of sp³-hybridized carbons (Fsp3) is 0.233. The highest BCUT2D eigenvalue weighted by atomic mass is 16.3. The Morgan fingerprint density at radius 1 is 0.700 bits per heavy atom. The SMILES string of the molecule is [O-]C1=C(c2ccc3c4c(cccc24)NC(CO)(CO)N3)C([O-])/C1=c1/ccc2c3c(cccc13)NC(CO)(CO)N=2. The van der Waals surface area contributed by atoms with Crippen molar-refractivity contribution in [3.63, 3.8) is 0 Å². The Morgan fingerprint density at radius 2 is 1.35 bits per heavy atom. The van der Waals surface area contributed by atoms with Gasteiger partial charge in [0, 0.05) is 27.8 Å². The number of aliphatic hydroxyl groups excluding tert-OH is 4. The van der Waals surface area contributed by atoms with E-state index in [4.69, 9.17) is 0 Å². The standard InChI is InChI=1S/C30H27N4O6/c35-11-29(12-36)31-19-5-1-3-15-17(7-9-21(33-29)23(15)19)25-27(39)26(28(25)40)18-8-10-22-24-16(18)4-2-6-20(24)32-30(13-37,14-38)34-22/h1-10,27,31-33,35-38,40H,11-14H2/q-1/p-1/b26-18+. The van der Waals surface area contributed by atoms with E-state index in [9.17, 15) is 30.6 Å². The molecule has 0 aromatic heterocycles. The van der Waals surface area contributed by atoms with Crippen molar-refractivity contribution in [1.82, 2.24) is 0 Å². The number of nitrogens with zero attached hydrogens (tertiary/aromatic N) is 1. The van der Waals surface area contributed by atoms with Gasteiger partial charge in [0.2, 0.25) is 0 Å². The molecule has 2 aliphatic heterocycles. The van der Waals surface area contributed by atoms with Gasteiger partial charge in [-0.25, -0.2) is 0 Å². The predicted molar refractivity (Wildman–Crippen MR) is 147 cm³/mol. The second-order valence-electron chi connectivity index (χ2n) is 10.5. The van der Waals surface area contributed by atoms with Crippen LogP contribution in [0.3, 0.4) is 0 Å². The smallest absolute Gasteiger partial charge is 0.176 e. The van der Waals surface area contributed by atoms with Gasteiger partial charge in [-0.1, -0.05) is 53.6 Å². The molecule has 0 radical (unpaired) electrons. The van der Waals surface area contributed by atoms with Gasteiger partial charge in [-0.05, 0) is 45.8 Å². The Balaban J connectivity index is 1.42. The molecule has 7 rings (SSSR count). The lowest BCUT2D eigenvalue weighted by atomic mass is 9.78. The van der Waals surface area contributed by atoms with E-state index in [0.717, 1.165) is 5.39 Å². The Bertz CT molecular complexity index is 1860. The predicted octanol–water partition coefficient (Wildman–Crippen LogP) is -1.10. The number of aliphatic hydroxyl groups is 4. The van der Waals surface area contributed by atoms with E-state index in [1.165, 1.54) is 0 Å². The number of anilines is 3. The van der Waals surface area contributed by atoms with Gasteiger partial charge in [0.1, 0.15) is 0 Å². The number of nitrogens with one attached hydrogen (secondary N) is 3. The van der Waals surface area contributed by atoms with Gasteiger partial charge in [-0.3, -0.25) is 4.99 Å². The minimum Gasteiger partial charge on any atom is -0.872 e. The van der Waals surface area contributed by atoms with E-state index < -0.39 is 30.6 Å². The van der Waals surface area contributed by atoms with E-state index in [2.05, 4.69) is 20.9 Å². The number of benzene rings is 4. The topological polar surface area (TPSA) is 175 Å². The fourth-order valence-electron chi connectivity index (χ4n) is 6.11. The molecule has 1 unspecified atom stereocenters. The molecule has 4 aromatic rings. The van der Waals surface area contributed by atoms with Crippen molar-refractivity contribution in [3.05, 3.63) is 82.6 Å². The van der Waals surface area contributed by atoms with E-state index in [1.54, 1.807) is 36.4 Å². The molecule has 0 saturated carbocycles. The quantitative estimate of drug-likeness (QED) is 0.166. The summed E-state index contributed by atoms with van der Waals surface area (Å²) >= 11 is 0. The molecule has 0 saturated heterocycles. The molecule has 2 heterocycles. The number of hydrogen-bond donors (Lipinski definition) is 7. The summed E-state index contributed by atoms with van der Waals surface area (Å²) in [6.45, 7) is -1.51. The Labute approximate surface area is 227 Å². The van der Waals surface area contributed by atoms with Gasteiger partial charge in [0.05, 0.1) is 31.8 Å². The minimum absolute atomic E-state index is 0.177. The maximum Gasteiger partial charge on any atom is 0.176 e. The van der Waals surface area contributed by atoms with Gasteiger partial charge < -0.3 is 46.6 Å². The van der Waals surface area contributed by atoms with Crippen LogP contribution in [-0.2, 0) is 0 Å². The first-order chi connectivity index (χ1) is 19.4. The average molecular weight is 539 g/mol. The van der Waals surface area contributed by atoms with Crippen molar-refractivity contribution < 1.29 is 30.6 Å². The fourth-order valence-corrected chi connectivity index (χ4v) is 6.11. The van der Waals surface area contributed by atoms with E-state index in [-0.39, 0.29) is 30.1 Å². The van der Waals surface area contributed by atoms with Crippen molar-refractivity contribution >= 4 is 49.8 Å². The van der Waals surface area contributed by atoms with Crippen LogP contribution in [0.15, 0.2) is 71.4 Å². The third-order valence-electron chi connectivity index (χ3n) is 8.17. The Hall–Kier alpha value is -4.19. The van der Waals surface area contributed by atoms with Crippen LogP contribution >= 0.6 is 0 Å². The molecule has 1 atom stereocenters. The Kier molecular flexibility index (Phi) is 5.37. The first-order valence-corrected chi connectivity index (χ1v) is 13.0.